The number of benzene rings is 1. The highest BCUT2D eigenvalue weighted by Crippen LogP contribution is 2.24. The van der Waals surface area contributed by atoms with E-state index >= 15 is 0 Å². The SMILES string of the molecule is COC(=O)NC(=O)c1ccsc1NC(=O)c1cccc([N+](=O)[O-])c1. The van der Waals surface area contributed by atoms with Crippen LogP contribution in [0.4, 0.5) is 15.5 Å². The van der Waals surface area contributed by atoms with Crippen molar-refractivity contribution in [1.82, 2.24) is 5.32 Å². The number of thiophene rings is 1. The van der Waals surface area contributed by atoms with Gasteiger partial charge in [0.25, 0.3) is 17.5 Å². The van der Waals surface area contributed by atoms with E-state index < -0.39 is 22.8 Å². The molecule has 2 rings (SSSR count). The first-order valence-electron chi connectivity index (χ1n) is 6.45. The average Bonchev–Trinajstić information content (AvgIpc) is 3.02. The van der Waals surface area contributed by atoms with Gasteiger partial charge in [-0.1, -0.05) is 6.07 Å². The number of hydrogen-bond acceptors (Lipinski definition) is 7. The van der Waals surface area contributed by atoms with Gasteiger partial charge < -0.3 is 10.1 Å². The third kappa shape index (κ3) is 3.93. The number of ether oxygens (including phenoxy) is 1. The van der Waals surface area contributed by atoms with Gasteiger partial charge in [-0.15, -0.1) is 11.3 Å². The lowest BCUT2D eigenvalue weighted by atomic mass is 10.2. The van der Waals surface area contributed by atoms with E-state index in [-0.39, 0.29) is 21.8 Å². The third-order valence-corrected chi connectivity index (χ3v) is 3.69. The maximum Gasteiger partial charge on any atom is 0.413 e. The van der Waals surface area contributed by atoms with Gasteiger partial charge in [-0.05, 0) is 17.5 Å². The number of nitro benzene ring substituents is 1. The molecule has 0 aliphatic rings. The first-order chi connectivity index (χ1) is 11.4. The molecule has 1 heterocycles. The summed E-state index contributed by atoms with van der Waals surface area (Å²) in [5.41, 5.74) is -0.0846. The fourth-order valence-corrected chi connectivity index (χ4v) is 2.51. The van der Waals surface area contributed by atoms with Crippen LogP contribution in [0.2, 0.25) is 0 Å². The molecule has 0 radical (unpaired) electrons. The number of carbonyl (C=O) groups is 3. The van der Waals surface area contributed by atoms with Crippen LogP contribution in [0.1, 0.15) is 20.7 Å². The molecule has 0 unspecified atom stereocenters. The lowest BCUT2D eigenvalue weighted by Crippen LogP contribution is -2.30. The van der Waals surface area contributed by atoms with Gasteiger partial charge in [0, 0.05) is 17.7 Å². The number of nitro groups is 1. The first kappa shape index (κ1) is 17.1. The van der Waals surface area contributed by atoms with Gasteiger partial charge in [0.05, 0.1) is 17.6 Å². The summed E-state index contributed by atoms with van der Waals surface area (Å²) in [6.07, 6.45) is -0.929. The third-order valence-electron chi connectivity index (χ3n) is 2.86. The standard InChI is InChI=1S/C14H11N3O6S/c1-23-14(20)16-12(19)10-5-6-24-13(10)15-11(18)8-3-2-4-9(7-8)17(21)22/h2-7H,1H3,(H,15,18)(H,16,19,20). The van der Waals surface area contributed by atoms with Crippen molar-refractivity contribution >= 4 is 39.9 Å². The van der Waals surface area contributed by atoms with Crippen LogP contribution < -0.4 is 10.6 Å². The molecule has 9 nitrogen and oxygen atoms in total. The Morgan fingerprint density at radius 1 is 1.21 bits per heavy atom. The minimum Gasteiger partial charge on any atom is -0.453 e. The summed E-state index contributed by atoms with van der Waals surface area (Å²) in [5.74, 6) is -1.36. The van der Waals surface area contributed by atoms with E-state index in [0.29, 0.717) is 0 Å². The van der Waals surface area contributed by atoms with Crippen molar-refractivity contribution in [3.8, 4) is 0 Å². The highest BCUT2D eigenvalue weighted by molar-refractivity contribution is 7.14. The molecule has 1 aromatic heterocycles. The summed E-state index contributed by atoms with van der Waals surface area (Å²) in [4.78, 5) is 45.3. The number of rotatable bonds is 4. The summed E-state index contributed by atoms with van der Waals surface area (Å²) < 4.78 is 4.33. The van der Waals surface area contributed by atoms with Crippen molar-refractivity contribution in [2.45, 2.75) is 0 Å². The fourth-order valence-electron chi connectivity index (χ4n) is 1.73. The Labute approximate surface area is 139 Å². The largest absolute Gasteiger partial charge is 0.453 e. The molecular weight excluding hydrogens is 338 g/mol. The maximum absolute atomic E-state index is 12.2. The van der Waals surface area contributed by atoms with Crippen LogP contribution in [0.15, 0.2) is 35.7 Å². The minimum absolute atomic E-state index is 0.0666. The van der Waals surface area contributed by atoms with Crippen LogP contribution in [0.3, 0.4) is 0 Å². The zero-order valence-electron chi connectivity index (χ0n) is 12.3. The number of imide groups is 1. The quantitative estimate of drug-likeness (QED) is 0.644. The number of methoxy groups -OCH3 is 1. The van der Waals surface area contributed by atoms with Crippen LogP contribution in [-0.2, 0) is 4.74 Å². The fraction of sp³-hybridized carbons (Fsp3) is 0.0714. The molecule has 124 valence electrons. The Hall–Kier alpha value is -3.27. The van der Waals surface area contributed by atoms with Gasteiger partial charge in [-0.25, -0.2) is 4.79 Å². The van der Waals surface area contributed by atoms with Crippen molar-refractivity contribution < 1.29 is 24.0 Å². The van der Waals surface area contributed by atoms with Crippen LogP contribution in [0, 0.1) is 10.1 Å². The monoisotopic (exact) mass is 349 g/mol. The van der Waals surface area contributed by atoms with Crippen LogP contribution >= 0.6 is 11.3 Å². The van der Waals surface area contributed by atoms with E-state index in [1.54, 1.807) is 5.38 Å². The molecule has 0 saturated carbocycles. The van der Waals surface area contributed by atoms with Crippen LogP contribution in [0.5, 0.6) is 0 Å². The zero-order chi connectivity index (χ0) is 17.7. The number of nitrogens with zero attached hydrogens (tertiary/aromatic N) is 1. The van der Waals surface area contributed by atoms with Crippen molar-refractivity contribution in [2.24, 2.45) is 0 Å². The summed E-state index contributed by atoms with van der Waals surface area (Å²) in [5, 5.41) is 17.0. The van der Waals surface area contributed by atoms with Crippen molar-refractivity contribution in [2.75, 3.05) is 12.4 Å². The molecule has 0 spiro atoms. The maximum atomic E-state index is 12.2. The van der Waals surface area contributed by atoms with Gasteiger partial charge in [-0.3, -0.25) is 25.0 Å². The van der Waals surface area contributed by atoms with E-state index in [1.807, 2.05) is 5.32 Å². The molecule has 24 heavy (non-hydrogen) atoms. The summed E-state index contributed by atoms with van der Waals surface area (Å²) in [6.45, 7) is 0. The number of nitrogens with one attached hydrogen (secondary N) is 2. The molecule has 0 aliphatic carbocycles. The first-order valence-corrected chi connectivity index (χ1v) is 7.33. The van der Waals surface area contributed by atoms with Gasteiger partial charge in [0.15, 0.2) is 0 Å². The molecule has 1 aromatic carbocycles. The average molecular weight is 349 g/mol. The predicted molar refractivity (Wildman–Crippen MR) is 85.2 cm³/mol. The van der Waals surface area contributed by atoms with Crippen molar-refractivity contribution in [3.05, 3.63) is 57.0 Å². The Bertz CT molecular complexity index is 816. The second kappa shape index (κ2) is 7.33. The Balaban J connectivity index is 2.17. The molecule has 0 saturated heterocycles. The number of anilines is 1. The van der Waals surface area contributed by atoms with E-state index in [4.69, 9.17) is 0 Å². The van der Waals surface area contributed by atoms with Crippen molar-refractivity contribution in [3.63, 3.8) is 0 Å². The highest BCUT2D eigenvalue weighted by atomic mass is 32.1. The number of amides is 3. The topological polar surface area (TPSA) is 128 Å². The van der Waals surface area contributed by atoms with E-state index in [0.717, 1.165) is 24.5 Å². The molecule has 2 aromatic rings. The van der Waals surface area contributed by atoms with Gasteiger partial charge >= 0.3 is 6.09 Å². The number of non-ortho nitro benzene ring substituents is 1. The van der Waals surface area contributed by atoms with E-state index in [2.05, 4.69) is 10.1 Å². The zero-order valence-corrected chi connectivity index (χ0v) is 13.1. The smallest absolute Gasteiger partial charge is 0.413 e. The molecular formula is C14H11N3O6S. The summed E-state index contributed by atoms with van der Waals surface area (Å²) >= 11 is 1.07. The van der Waals surface area contributed by atoms with Crippen LogP contribution in [0.25, 0.3) is 0 Å². The predicted octanol–water partition coefficient (Wildman–Crippen LogP) is 2.40. The van der Waals surface area contributed by atoms with Gasteiger partial charge in [0.1, 0.15) is 5.00 Å². The Kier molecular flexibility index (Phi) is 5.22. The van der Waals surface area contributed by atoms with E-state index in [1.165, 1.54) is 24.3 Å². The van der Waals surface area contributed by atoms with E-state index in [9.17, 15) is 24.5 Å². The number of hydrogen-bond donors (Lipinski definition) is 2. The van der Waals surface area contributed by atoms with Crippen molar-refractivity contribution in [1.29, 1.82) is 0 Å². The normalized spacial score (nSPS) is 9.88. The van der Waals surface area contributed by atoms with Crippen LogP contribution in [-0.4, -0.2) is 29.9 Å². The second-order valence-corrected chi connectivity index (χ2v) is 5.29. The molecule has 0 atom stereocenters. The molecule has 0 fully saturated rings. The second-order valence-electron chi connectivity index (χ2n) is 4.37. The highest BCUT2D eigenvalue weighted by Gasteiger charge is 2.19. The van der Waals surface area contributed by atoms with Gasteiger partial charge in [-0.2, -0.15) is 0 Å². The molecule has 0 bridgehead atoms. The minimum atomic E-state index is -0.929. The number of alkyl carbamates (subject to hydrolysis) is 1. The molecule has 3 amide bonds. The molecule has 0 aliphatic heterocycles. The lowest BCUT2D eigenvalue weighted by molar-refractivity contribution is -0.384. The summed E-state index contributed by atoms with van der Waals surface area (Å²) in [7, 11) is 1.11. The summed E-state index contributed by atoms with van der Waals surface area (Å²) in [6, 6.07) is 6.59. The Morgan fingerprint density at radius 2 is 1.96 bits per heavy atom. The Morgan fingerprint density at radius 3 is 2.62 bits per heavy atom. The number of carbonyl (C=O) groups excluding carboxylic acids is 3. The lowest BCUT2D eigenvalue weighted by Gasteiger charge is -2.06. The molecule has 10 heteroatoms. The van der Waals surface area contributed by atoms with Gasteiger partial charge in [0.2, 0.25) is 0 Å². The molecule has 2 N–H and O–H groups in total.